The summed E-state index contributed by atoms with van der Waals surface area (Å²) >= 11 is 0. The van der Waals surface area contributed by atoms with Gasteiger partial charge < -0.3 is 15.0 Å². The van der Waals surface area contributed by atoms with Crippen molar-refractivity contribution in [3.05, 3.63) is 48.7 Å². The third-order valence-corrected chi connectivity index (χ3v) is 6.37. The number of urea groups is 1. The number of rotatable bonds is 4. The van der Waals surface area contributed by atoms with Crippen LogP contribution in [0.3, 0.4) is 0 Å². The fourth-order valence-corrected chi connectivity index (χ4v) is 4.84. The Bertz CT molecular complexity index is 855. The molecule has 0 radical (unpaired) electrons. The summed E-state index contributed by atoms with van der Waals surface area (Å²) in [7, 11) is 0. The van der Waals surface area contributed by atoms with Crippen molar-refractivity contribution in [3.63, 3.8) is 0 Å². The molecule has 0 spiro atoms. The van der Waals surface area contributed by atoms with Gasteiger partial charge in [0.2, 0.25) is 5.88 Å². The summed E-state index contributed by atoms with van der Waals surface area (Å²) in [5.74, 6) is 1.81. The minimum Gasteiger partial charge on any atom is -0.439 e. The van der Waals surface area contributed by atoms with Crippen molar-refractivity contribution in [3.8, 4) is 11.6 Å². The minimum absolute atomic E-state index is 0.0242. The van der Waals surface area contributed by atoms with Gasteiger partial charge in [0, 0.05) is 43.1 Å². The number of fused-ring (bicyclic) bond motifs is 1. The molecule has 2 aromatic rings. The molecule has 1 saturated carbocycles. The molecular formula is C23H28N4O2. The molecule has 2 saturated heterocycles. The fraction of sp³-hybridized carbons (Fsp3) is 0.478. The van der Waals surface area contributed by atoms with Crippen LogP contribution in [-0.2, 0) is 0 Å². The molecule has 2 aliphatic heterocycles. The number of benzene rings is 1. The van der Waals surface area contributed by atoms with E-state index in [1.165, 1.54) is 32.2 Å². The molecule has 5 rings (SSSR count). The number of carbonyl (C=O) groups excluding carboxylic acids is 1. The molecule has 1 aromatic heterocycles. The minimum atomic E-state index is -0.0242. The van der Waals surface area contributed by atoms with E-state index >= 15 is 0 Å². The van der Waals surface area contributed by atoms with Crippen LogP contribution >= 0.6 is 0 Å². The average molecular weight is 393 g/mol. The first-order chi connectivity index (χ1) is 14.3. The molecule has 2 unspecified atom stereocenters. The molecule has 6 nitrogen and oxygen atoms in total. The molecule has 3 fully saturated rings. The Morgan fingerprint density at radius 3 is 2.76 bits per heavy atom. The van der Waals surface area contributed by atoms with Crippen LogP contribution in [0.15, 0.2) is 48.7 Å². The third kappa shape index (κ3) is 4.22. The summed E-state index contributed by atoms with van der Waals surface area (Å²) in [4.78, 5) is 21.8. The van der Waals surface area contributed by atoms with E-state index in [1.54, 1.807) is 18.3 Å². The monoisotopic (exact) mass is 392 g/mol. The van der Waals surface area contributed by atoms with Crippen LogP contribution in [0.5, 0.6) is 11.6 Å². The Hall–Kier alpha value is -2.60. The molecule has 6 heteroatoms. The van der Waals surface area contributed by atoms with Crippen LogP contribution in [0, 0.1) is 5.92 Å². The molecule has 3 heterocycles. The summed E-state index contributed by atoms with van der Waals surface area (Å²) in [6, 6.07) is 14.6. The van der Waals surface area contributed by atoms with E-state index in [2.05, 4.69) is 15.2 Å². The van der Waals surface area contributed by atoms with Crippen LogP contribution in [0.25, 0.3) is 0 Å². The Kier molecular flexibility index (Phi) is 5.10. The molecule has 3 aliphatic rings. The molecule has 152 valence electrons. The van der Waals surface area contributed by atoms with Gasteiger partial charge in [-0.25, -0.2) is 9.78 Å². The number of anilines is 1. The Morgan fingerprint density at radius 1 is 1.07 bits per heavy atom. The predicted octanol–water partition coefficient (Wildman–Crippen LogP) is 4.35. The highest BCUT2D eigenvalue weighted by molar-refractivity contribution is 5.89. The lowest BCUT2D eigenvalue weighted by Gasteiger charge is -2.47. The second-order valence-corrected chi connectivity index (χ2v) is 8.40. The van der Waals surface area contributed by atoms with Gasteiger partial charge in [-0.2, -0.15) is 0 Å². The summed E-state index contributed by atoms with van der Waals surface area (Å²) in [6.45, 7) is 2.94. The number of likely N-dealkylation sites (tertiary alicyclic amines) is 2. The highest BCUT2D eigenvalue weighted by Gasteiger charge is 2.42. The number of nitrogens with zero attached hydrogens (tertiary/aromatic N) is 3. The van der Waals surface area contributed by atoms with Crippen molar-refractivity contribution in [2.75, 3.05) is 25.0 Å². The summed E-state index contributed by atoms with van der Waals surface area (Å²) < 4.78 is 5.78. The number of para-hydroxylation sites is 1. The smallest absolute Gasteiger partial charge is 0.321 e. The SMILES string of the molecule is O=C(Nc1ccnc(Oc2ccccc2)c1)N1CCC2C(CCCN2C2CC2)C1. The van der Waals surface area contributed by atoms with Crippen LogP contribution in [0.1, 0.15) is 32.1 Å². The Labute approximate surface area is 171 Å². The zero-order valence-electron chi connectivity index (χ0n) is 16.7. The number of nitrogens with one attached hydrogen (secondary N) is 1. The maximum Gasteiger partial charge on any atom is 0.321 e. The number of ether oxygens (including phenoxy) is 1. The highest BCUT2D eigenvalue weighted by atomic mass is 16.5. The third-order valence-electron chi connectivity index (χ3n) is 6.37. The molecule has 0 bridgehead atoms. The van der Waals surface area contributed by atoms with Crippen molar-refractivity contribution >= 4 is 11.7 Å². The number of pyridine rings is 1. The quantitative estimate of drug-likeness (QED) is 0.840. The second-order valence-electron chi connectivity index (χ2n) is 8.40. The zero-order chi connectivity index (χ0) is 19.6. The number of piperidine rings is 2. The lowest BCUT2D eigenvalue weighted by Crippen LogP contribution is -2.56. The van der Waals surface area contributed by atoms with Crippen molar-refractivity contribution in [2.45, 2.75) is 44.2 Å². The van der Waals surface area contributed by atoms with Crippen LogP contribution in [0.2, 0.25) is 0 Å². The number of hydrogen-bond acceptors (Lipinski definition) is 4. The summed E-state index contributed by atoms with van der Waals surface area (Å²) in [6.07, 6.45) is 7.98. The number of amides is 2. The van der Waals surface area contributed by atoms with Gasteiger partial charge >= 0.3 is 6.03 Å². The molecule has 1 N–H and O–H groups in total. The van der Waals surface area contributed by atoms with Gasteiger partial charge in [0.1, 0.15) is 5.75 Å². The number of carbonyl (C=O) groups is 1. The summed E-state index contributed by atoms with van der Waals surface area (Å²) in [5, 5.41) is 3.03. The lowest BCUT2D eigenvalue weighted by molar-refractivity contribution is 0.0315. The average Bonchev–Trinajstić information content (AvgIpc) is 3.59. The molecule has 2 atom stereocenters. The van der Waals surface area contributed by atoms with Crippen molar-refractivity contribution < 1.29 is 9.53 Å². The van der Waals surface area contributed by atoms with Crippen molar-refractivity contribution in [1.82, 2.24) is 14.8 Å². The normalized spacial score (nSPS) is 24.6. The molecule has 29 heavy (non-hydrogen) atoms. The zero-order valence-corrected chi connectivity index (χ0v) is 16.7. The molecule has 1 aliphatic carbocycles. The Morgan fingerprint density at radius 2 is 1.93 bits per heavy atom. The maximum atomic E-state index is 12.9. The second kappa shape index (κ2) is 8.03. The van der Waals surface area contributed by atoms with Crippen LogP contribution < -0.4 is 10.1 Å². The van der Waals surface area contributed by atoms with E-state index in [9.17, 15) is 4.79 Å². The van der Waals surface area contributed by atoms with Gasteiger partial charge in [0.25, 0.3) is 0 Å². The first kappa shape index (κ1) is 18.4. The van der Waals surface area contributed by atoms with Gasteiger partial charge in [-0.1, -0.05) is 18.2 Å². The fourth-order valence-electron chi connectivity index (χ4n) is 4.84. The first-order valence-corrected chi connectivity index (χ1v) is 10.8. The molecule has 1 aromatic carbocycles. The number of hydrogen-bond donors (Lipinski definition) is 1. The number of aromatic nitrogens is 1. The molecular weight excluding hydrogens is 364 g/mol. The van der Waals surface area contributed by atoms with Gasteiger partial charge in [0.15, 0.2) is 0 Å². The standard InChI is InChI=1S/C23H28N4O2/c28-23(25-18-10-12-24-22(15-18)29-20-6-2-1-3-7-20)26-14-11-21-17(16-26)5-4-13-27(21)19-8-9-19/h1-3,6-7,10,12,15,17,19,21H,4-5,8-9,11,13-14,16H2,(H,24,25,28). The summed E-state index contributed by atoms with van der Waals surface area (Å²) in [5.41, 5.74) is 0.710. The first-order valence-electron chi connectivity index (χ1n) is 10.8. The van der Waals surface area contributed by atoms with Gasteiger partial charge in [-0.15, -0.1) is 0 Å². The van der Waals surface area contributed by atoms with Crippen molar-refractivity contribution in [2.24, 2.45) is 5.92 Å². The van der Waals surface area contributed by atoms with Gasteiger partial charge in [0.05, 0.1) is 0 Å². The van der Waals surface area contributed by atoms with E-state index in [1.807, 2.05) is 35.2 Å². The predicted molar refractivity (Wildman–Crippen MR) is 112 cm³/mol. The van der Waals surface area contributed by atoms with Crippen molar-refractivity contribution in [1.29, 1.82) is 0 Å². The van der Waals surface area contributed by atoms with Gasteiger partial charge in [-0.3, -0.25) is 4.90 Å². The lowest BCUT2D eigenvalue weighted by atomic mass is 9.84. The van der Waals surface area contributed by atoms with E-state index in [-0.39, 0.29) is 6.03 Å². The topological polar surface area (TPSA) is 57.7 Å². The van der Waals surface area contributed by atoms with E-state index in [4.69, 9.17) is 4.74 Å². The Balaban J connectivity index is 1.20. The highest BCUT2D eigenvalue weighted by Crippen LogP contribution is 2.38. The van der Waals surface area contributed by atoms with Crippen LogP contribution in [-0.4, -0.2) is 52.5 Å². The largest absolute Gasteiger partial charge is 0.439 e. The van der Waals surface area contributed by atoms with Gasteiger partial charge in [-0.05, 0) is 62.8 Å². The van der Waals surface area contributed by atoms with E-state index in [0.717, 1.165) is 31.3 Å². The van der Waals surface area contributed by atoms with E-state index in [0.29, 0.717) is 23.5 Å². The maximum absolute atomic E-state index is 12.9. The van der Waals surface area contributed by atoms with E-state index < -0.39 is 0 Å². The molecule has 2 amide bonds. The van der Waals surface area contributed by atoms with Crippen LogP contribution in [0.4, 0.5) is 10.5 Å².